The highest BCUT2D eigenvalue weighted by atomic mass is 16.5. The highest BCUT2D eigenvalue weighted by molar-refractivity contribution is 5.82. The summed E-state index contributed by atoms with van der Waals surface area (Å²) in [5, 5.41) is 2.89. The molecular formula is C26H32N2O3. The van der Waals surface area contributed by atoms with E-state index >= 15 is 0 Å². The SMILES string of the molecule is Cc1cccc([C@@H]2c3cc(O[C@H](C)C(=O)NC(C)C)ccc3CCN2C(=O)C2CC2)c1. The van der Waals surface area contributed by atoms with Crippen molar-refractivity contribution in [2.75, 3.05) is 6.54 Å². The number of ether oxygens (including phenoxy) is 1. The maximum Gasteiger partial charge on any atom is 0.260 e. The van der Waals surface area contributed by atoms with Gasteiger partial charge in [-0.25, -0.2) is 0 Å². The van der Waals surface area contributed by atoms with E-state index in [4.69, 9.17) is 4.74 Å². The van der Waals surface area contributed by atoms with E-state index in [0.717, 1.165) is 36.9 Å². The zero-order valence-electron chi connectivity index (χ0n) is 18.9. The molecule has 1 saturated carbocycles. The van der Waals surface area contributed by atoms with E-state index in [0.29, 0.717) is 5.75 Å². The fraction of sp³-hybridized carbons (Fsp3) is 0.462. The summed E-state index contributed by atoms with van der Waals surface area (Å²) in [6, 6.07) is 14.4. The molecule has 2 aromatic rings. The summed E-state index contributed by atoms with van der Waals surface area (Å²) in [5.41, 5.74) is 4.63. The number of carbonyl (C=O) groups excluding carboxylic acids is 2. The molecule has 2 aliphatic rings. The Bertz CT molecular complexity index is 980. The molecule has 1 aliphatic carbocycles. The molecule has 0 saturated heterocycles. The van der Waals surface area contributed by atoms with Crippen molar-refractivity contribution in [1.29, 1.82) is 0 Å². The van der Waals surface area contributed by atoms with Crippen LogP contribution in [0.2, 0.25) is 0 Å². The van der Waals surface area contributed by atoms with Gasteiger partial charge in [-0.3, -0.25) is 9.59 Å². The Balaban J connectivity index is 1.67. The molecule has 2 aromatic carbocycles. The van der Waals surface area contributed by atoms with Gasteiger partial charge in [0.2, 0.25) is 5.91 Å². The van der Waals surface area contributed by atoms with Gasteiger partial charge >= 0.3 is 0 Å². The summed E-state index contributed by atoms with van der Waals surface area (Å²) in [4.78, 5) is 27.5. The molecule has 0 bridgehead atoms. The third-order valence-electron chi connectivity index (χ3n) is 6.03. The molecule has 5 nitrogen and oxygen atoms in total. The average Bonchev–Trinajstić information content (AvgIpc) is 3.57. The molecule has 5 heteroatoms. The van der Waals surface area contributed by atoms with E-state index in [1.54, 1.807) is 6.92 Å². The lowest BCUT2D eigenvalue weighted by molar-refractivity contribution is -0.134. The molecule has 31 heavy (non-hydrogen) atoms. The molecule has 0 unspecified atom stereocenters. The fourth-order valence-electron chi connectivity index (χ4n) is 4.33. The molecule has 0 spiro atoms. The minimum atomic E-state index is -0.592. The van der Waals surface area contributed by atoms with Gasteiger partial charge in [-0.2, -0.15) is 0 Å². The van der Waals surface area contributed by atoms with Gasteiger partial charge in [-0.05, 0) is 75.8 Å². The van der Waals surface area contributed by atoms with E-state index < -0.39 is 6.10 Å². The Kier molecular flexibility index (Phi) is 6.03. The van der Waals surface area contributed by atoms with Crippen molar-refractivity contribution in [3.8, 4) is 5.75 Å². The molecule has 1 aliphatic heterocycles. The first kappa shape index (κ1) is 21.4. The number of benzene rings is 2. The third-order valence-corrected chi connectivity index (χ3v) is 6.03. The largest absolute Gasteiger partial charge is 0.481 e. The molecule has 2 atom stereocenters. The lowest BCUT2D eigenvalue weighted by Gasteiger charge is -2.38. The first-order valence-electron chi connectivity index (χ1n) is 11.3. The van der Waals surface area contributed by atoms with Gasteiger partial charge in [0.15, 0.2) is 6.10 Å². The minimum absolute atomic E-state index is 0.0646. The average molecular weight is 421 g/mol. The lowest BCUT2D eigenvalue weighted by atomic mass is 9.87. The van der Waals surface area contributed by atoms with Gasteiger partial charge in [0.05, 0.1) is 6.04 Å². The van der Waals surface area contributed by atoms with Crippen molar-refractivity contribution in [3.05, 3.63) is 64.7 Å². The van der Waals surface area contributed by atoms with Crippen LogP contribution in [0, 0.1) is 12.8 Å². The van der Waals surface area contributed by atoms with E-state index in [9.17, 15) is 9.59 Å². The number of fused-ring (bicyclic) bond motifs is 1. The molecular weight excluding hydrogens is 388 g/mol. The van der Waals surface area contributed by atoms with Gasteiger partial charge < -0.3 is 15.0 Å². The van der Waals surface area contributed by atoms with E-state index in [-0.39, 0.29) is 29.8 Å². The Morgan fingerprint density at radius 2 is 1.87 bits per heavy atom. The Labute approximate surface area is 184 Å². The van der Waals surface area contributed by atoms with Crippen molar-refractivity contribution >= 4 is 11.8 Å². The van der Waals surface area contributed by atoms with Crippen molar-refractivity contribution < 1.29 is 14.3 Å². The molecule has 4 rings (SSSR count). The van der Waals surface area contributed by atoms with Crippen LogP contribution in [0.25, 0.3) is 0 Å². The van der Waals surface area contributed by atoms with Crippen molar-refractivity contribution in [1.82, 2.24) is 10.2 Å². The molecule has 1 N–H and O–H groups in total. The summed E-state index contributed by atoms with van der Waals surface area (Å²) in [6.45, 7) is 8.43. The van der Waals surface area contributed by atoms with Crippen LogP contribution in [0.4, 0.5) is 0 Å². The number of nitrogens with zero attached hydrogens (tertiary/aromatic N) is 1. The van der Waals surface area contributed by atoms with Gasteiger partial charge in [-0.1, -0.05) is 35.9 Å². The molecule has 0 radical (unpaired) electrons. The standard InChI is InChI=1S/C26H32N2O3/c1-16(2)27-25(29)18(4)31-22-11-10-19-12-13-28(26(30)20-8-9-20)24(23(19)15-22)21-7-5-6-17(3)14-21/h5-7,10-11,14-16,18,20,24H,8-9,12-13H2,1-4H3,(H,27,29)/t18-,24-/m1/s1. The normalized spacial score (nSPS) is 19.0. The maximum absolute atomic E-state index is 13.1. The second kappa shape index (κ2) is 8.74. The number of amides is 2. The van der Waals surface area contributed by atoms with Gasteiger partial charge in [0.1, 0.15) is 5.75 Å². The van der Waals surface area contributed by atoms with Gasteiger partial charge in [0, 0.05) is 18.5 Å². The molecule has 1 heterocycles. The summed E-state index contributed by atoms with van der Waals surface area (Å²) in [5.74, 6) is 0.957. The van der Waals surface area contributed by atoms with Crippen LogP contribution < -0.4 is 10.1 Å². The smallest absolute Gasteiger partial charge is 0.260 e. The van der Waals surface area contributed by atoms with Crippen molar-refractivity contribution in [3.63, 3.8) is 0 Å². The van der Waals surface area contributed by atoms with Gasteiger partial charge in [-0.15, -0.1) is 0 Å². The van der Waals surface area contributed by atoms with Crippen LogP contribution in [0.3, 0.4) is 0 Å². The van der Waals surface area contributed by atoms with Crippen LogP contribution in [-0.2, 0) is 16.0 Å². The zero-order chi connectivity index (χ0) is 22.1. The monoisotopic (exact) mass is 420 g/mol. The van der Waals surface area contributed by atoms with Crippen LogP contribution in [0.1, 0.15) is 61.9 Å². The van der Waals surface area contributed by atoms with Crippen molar-refractivity contribution in [2.45, 2.75) is 65.1 Å². The van der Waals surface area contributed by atoms with Crippen LogP contribution in [0.5, 0.6) is 5.75 Å². The van der Waals surface area contributed by atoms with Gasteiger partial charge in [0.25, 0.3) is 5.91 Å². The highest BCUT2D eigenvalue weighted by Crippen LogP contribution is 2.41. The van der Waals surface area contributed by atoms with E-state index in [1.165, 1.54) is 11.1 Å². The van der Waals surface area contributed by atoms with Crippen LogP contribution in [0.15, 0.2) is 42.5 Å². The molecule has 0 aromatic heterocycles. The molecule has 164 valence electrons. The first-order valence-corrected chi connectivity index (χ1v) is 11.3. The lowest BCUT2D eigenvalue weighted by Crippen LogP contribution is -2.41. The minimum Gasteiger partial charge on any atom is -0.481 e. The number of rotatable bonds is 6. The maximum atomic E-state index is 13.1. The number of nitrogens with one attached hydrogen (secondary N) is 1. The topological polar surface area (TPSA) is 58.6 Å². The fourth-order valence-corrected chi connectivity index (χ4v) is 4.33. The van der Waals surface area contributed by atoms with E-state index in [1.807, 2.05) is 30.9 Å². The highest BCUT2D eigenvalue weighted by Gasteiger charge is 2.39. The number of hydrogen-bond donors (Lipinski definition) is 1. The second-order valence-electron chi connectivity index (χ2n) is 9.16. The first-order chi connectivity index (χ1) is 14.8. The number of aryl methyl sites for hydroxylation is 1. The predicted octanol–water partition coefficient (Wildman–Crippen LogP) is 4.17. The zero-order valence-corrected chi connectivity index (χ0v) is 18.9. The van der Waals surface area contributed by atoms with E-state index in [2.05, 4.69) is 42.6 Å². The van der Waals surface area contributed by atoms with Crippen LogP contribution in [-0.4, -0.2) is 35.4 Å². The summed E-state index contributed by atoms with van der Waals surface area (Å²) in [7, 11) is 0. The second-order valence-corrected chi connectivity index (χ2v) is 9.16. The summed E-state index contributed by atoms with van der Waals surface area (Å²) < 4.78 is 5.99. The summed E-state index contributed by atoms with van der Waals surface area (Å²) >= 11 is 0. The Morgan fingerprint density at radius 3 is 2.55 bits per heavy atom. The number of carbonyl (C=O) groups is 2. The van der Waals surface area contributed by atoms with Crippen molar-refractivity contribution in [2.24, 2.45) is 5.92 Å². The summed E-state index contributed by atoms with van der Waals surface area (Å²) in [6.07, 6.45) is 2.23. The quantitative estimate of drug-likeness (QED) is 0.763. The third kappa shape index (κ3) is 4.76. The Morgan fingerprint density at radius 1 is 1.10 bits per heavy atom. The van der Waals surface area contributed by atoms with Crippen LogP contribution >= 0.6 is 0 Å². The molecule has 2 amide bonds. The molecule has 1 fully saturated rings. The predicted molar refractivity (Wildman–Crippen MR) is 121 cm³/mol. The Hall–Kier alpha value is -2.82. The number of hydrogen-bond acceptors (Lipinski definition) is 3.